The van der Waals surface area contributed by atoms with Crippen LogP contribution in [0.4, 0.5) is 17.1 Å². The predicted molar refractivity (Wildman–Crippen MR) is 102 cm³/mol. The first-order chi connectivity index (χ1) is 13.0. The molecular weight excluding hydrogens is 346 g/mol. The number of carbonyl (C=O) groups is 1. The number of nitrogens with zero attached hydrogens (tertiary/aromatic N) is 4. The van der Waals surface area contributed by atoms with Gasteiger partial charge in [0.25, 0.3) is 5.91 Å². The number of hydrogen-bond acceptors (Lipinski definition) is 6. The zero-order valence-corrected chi connectivity index (χ0v) is 14.9. The van der Waals surface area contributed by atoms with Gasteiger partial charge < -0.3 is 15.1 Å². The van der Waals surface area contributed by atoms with E-state index < -0.39 is 10.8 Å². The minimum absolute atomic E-state index is 0.0146. The van der Waals surface area contributed by atoms with Crippen molar-refractivity contribution in [1.29, 1.82) is 5.26 Å². The van der Waals surface area contributed by atoms with Crippen LogP contribution in [0.2, 0.25) is 0 Å². The lowest BCUT2D eigenvalue weighted by Crippen LogP contribution is -2.44. The Morgan fingerprint density at radius 3 is 2.41 bits per heavy atom. The summed E-state index contributed by atoms with van der Waals surface area (Å²) < 4.78 is 0. The van der Waals surface area contributed by atoms with Crippen LogP contribution in [0.1, 0.15) is 15.9 Å². The van der Waals surface area contributed by atoms with Crippen LogP contribution < -0.4 is 10.2 Å². The fourth-order valence-corrected chi connectivity index (χ4v) is 3.04. The van der Waals surface area contributed by atoms with Gasteiger partial charge in [0.15, 0.2) is 0 Å². The number of likely N-dealkylation sites (N-methyl/N-ethyl adjacent to an activating group) is 1. The van der Waals surface area contributed by atoms with Crippen molar-refractivity contribution < 1.29 is 9.72 Å². The Bertz CT molecular complexity index is 897. The fraction of sp³-hybridized carbons (Fsp3) is 0.263. The Labute approximate surface area is 156 Å². The number of nitro groups is 1. The summed E-state index contributed by atoms with van der Waals surface area (Å²) in [4.78, 5) is 28.0. The summed E-state index contributed by atoms with van der Waals surface area (Å²) >= 11 is 0. The minimum atomic E-state index is -0.553. The van der Waals surface area contributed by atoms with Crippen LogP contribution in [0.3, 0.4) is 0 Å². The number of hydrogen-bond donors (Lipinski definition) is 1. The zero-order chi connectivity index (χ0) is 19.4. The highest BCUT2D eigenvalue weighted by Crippen LogP contribution is 2.33. The maximum atomic E-state index is 12.7. The molecule has 1 N–H and O–H groups in total. The van der Waals surface area contributed by atoms with Crippen LogP contribution >= 0.6 is 0 Å². The highest BCUT2D eigenvalue weighted by molar-refractivity contribution is 6.08. The molecule has 3 rings (SSSR count). The SMILES string of the molecule is CN1CCN(c2cccc(C(=O)Nc3ccc(C#N)cc3)c2[N+](=O)[O-])CC1. The third-order valence-corrected chi connectivity index (χ3v) is 4.56. The van der Waals surface area contributed by atoms with Crippen molar-refractivity contribution in [3.8, 4) is 6.07 Å². The Kier molecular flexibility index (Phi) is 5.33. The van der Waals surface area contributed by atoms with E-state index >= 15 is 0 Å². The van der Waals surface area contributed by atoms with Crippen LogP contribution in [0.15, 0.2) is 42.5 Å². The summed E-state index contributed by atoms with van der Waals surface area (Å²) in [6.07, 6.45) is 0. The molecule has 0 saturated carbocycles. The summed E-state index contributed by atoms with van der Waals surface area (Å²) in [6.45, 7) is 2.94. The summed E-state index contributed by atoms with van der Waals surface area (Å²) in [6, 6.07) is 13.1. The second kappa shape index (κ2) is 7.85. The van der Waals surface area contributed by atoms with Crippen LogP contribution in [0, 0.1) is 21.4 Å². The molecule has 0 unspecified atom stereocenters. The number of para-hydroxylation sites is 1. The minimum Gasteiger partial charge on any atom is -0.363 e. The number of amides is 1. The van der Waals surface area contributed by atoms with Gasteiger partial charge in [0, 0.05) is 31.9 Å². The van der Waals surface area contributed by atoms with Gasteiger partial charge in [-0.3, -0.25) is 14.9 Å². The van der Waals surface area contributed by atoms with E-state index in [0.717, 1.165) is 13.1 Å². The van der Waals surface area contributed by atoms with Crippen molar-refractivity contribution in [2.24, 2.45) is 0 Å². The lowest BCUT2D eigenvalue weighted by molar-refractivity contribution is -0.384. The second-order valence-electron chi connectivity index (χ2n) is 6.36. The average Bonchev–Trinajstić information content (AvgIpc) is 2.68. The summed E-state index contributed by atoms with van der Waals surface area (Å²) in [5, 5.41) is 23.2. The Balaban J connectivity index is 1.90. The van der Waals surface area contributed by atoms with E-state index in [4.69, 9.17) is 5.26 Å². The number of nitro benzene ring substituents is 1. The molecule has 27 heavy (non-hydrogen) atoms. The van der Waals surface area contributed by atoms with E-state index in [1.54, 1.807) is 36.4 Å². The van der Waals surface area contributed by atoms with Gasteiger partial charge in [-0.15, -0.1) is 0 Å². The van der Waals surface area contributed by atoms with Gasteiger partial charge in [-0.1, -0.05) is 6.07 Å². The molecule has 1 aliphatic rings. The van der Waals surface area contributed by atoms with Crippen molar-refractivity contribution in [2.75, 3.05) is 43.4 Å². The number of nitrogens with one attached hydrogen (secondary N) is 1. The molecule has 0 aromatic heterocycles. The largest absolute Gasteiger partial charge is 0.363 e. The number of rotatable bonds is 4. The third kappa shape index (κ3) is 4.04. The molecule has 1 fully saturated rings. The molecule has 0 radical (unpaired) electrons. The van der Waals surface area contributed by atoms with Crippen LogP contribution in [-0.4, -0.2) is 49.0 Å². The smallest absolute Gasteiger partial charge is 0.305 e. The standard InChI is InChI=1S/C19H19N5O3/c1-22-9-11-23(12-10-22)17-4-2-3-16(18(17)24(26)27)19(25)21-15-7-5-14(13-20)6-8-15/h2-8H,9-12H2,1H3,(H,21,25). The first-order valence-corrected chi connectivity index (χ1v) is 8.52. The van der Waals surface area contributed by atoms with Crippen LogP contribution in [-0.2, 0) is 0 Å². The second-order valence-corrected chi connectivity index (χ2v) is 6.36. The Hall–Kier alpha value is -3.44. The molecule has 1 aliphatic heterocycles. The van der Waals surface area contributed by atoms with Crippen molar-refractivity contribution in [1.82, 2.24) is 4.90 Å². The molecule has 138 valence electrons. The zero-order valence-electron chi connectivity index (χ0n) is 14.9. The highest BCUT2D eigenvalue weighted by atomic mass is 16.6. The number of nitriles is 1. The van der Waals surface area contributed by atoms with E-state index in [1.807, 2.05) is 18.0 Å². The van der Waals surface area contributed by atoms with E-state index in [0.29, 0.717) is 30.0 Å². The molecule has 0 bridgehead atoms. The van der Waals surface area contributed by atoms with E-state index in [1.165, 1.54) is 6.07 Å². The molecule has 2 aromatic carbocycles. The molecule has 2 aromatic rings. The van der Waals surface area contributed by atoms with Crippen LogP contribution in [0.25, 0.3) is 0 Å². The lowest BCUT2D eigenvalue weighted by Gasteiger charge is -2.33. The monoisotopic (exact) mass is 365 g/mol. The van der Waals surface area contributed by atoms with Gasteiger partial charge in [0.1, 0.15) is 11.3 Å². The maximum Gasteiger partial charge on any atom is 0.305 e. The number of carbonyl (C=O) groups excluding carboxylic acids is 1. The van der Waals surface area contributed by atoms with Gasteiger partial charge >= 0.3 is 5.69 Å². The Morgan fingerprint density at radius 2 is 1.81 bits per heavy atom. The van der Waals surface area contributed by atoms with Gasteiger partial charge in [-0.25, -0.2) is 0 Å². The maximum absolute atomic E-state index is 12.7. The summed E-state index contributed by atoms with van der Waals surface area (Å²) in [5.41, 5.74) is 1.23. The number of benzene rings is 2. The van der Waals surface area contributed by atoms with Crippen molar-refractivity contribution in [3.05, 3.63) is 63.7 Å². The van der Waals surface area contributed by atoms with Gasteiger partial charge in [0.05, 0.1) is 16.6 Å². The fourth-order valence-electron chi connectivity index (χ4n) is 3.04. The third-order valence-electron chi connectivity index (χ3n) is 4.56. The number of anilines is 2. The Morgan fingerprint density at radius 1 is 1.15 bits per heavy atom. The van der Waals surface area contributed by atoms with Crippen molar-refractivity contribution >= 4 is 23.0 Å². The normalized spacial score (nSPS) is 14.4. The molecular formula is C19H19N5O3. The molecule has 1 heterocycles. The molecule has 0 spiro atoms. The van der Waals surface area contributed by atoms with Gasteiger partial charge in [-0.05, 0) is 43.4 Å². The molecule has 0 aliphatic carbocycles. The summed E-state index contributed by atoms with van der Waals surface area (Å²) in [7, 11) is 2.01. The number of piperazine rings is 1. The first-order valence-electron chi connectivity index (χ1n) is 8.52. The topological polar surface area (TPSA) is 103 Å². The van der Waals surface area contributed by atoms with E-state index in [2.05, 4.69) is 10.2 Å². The van der Waals surface area contributed by atoms with Gasteiger partial charge in [0.2, 0.25) is 0 Å². The molecule has 1 saturated heterocycles. The van der Waals surface area contributed by atoms with E-state index in [-0.39, 0.29) is 11.3 Å². The average molecular weight is 365 g/mol. The predicted octanol–water partition coefficient (Wildman–Crippen LogP) is 2.47. The lowest BCUT2D eigenvalue weighted by atomic mass is 10.1. The molecule has 0 atom stereocenters. The van der Waals surface area contributed by atoms with Crippen LogP contribution in [0.5, 0.6) is 0 Å². The molecule has 8 heteroatoms. The van der Waals surface area contributed by atoms with Crippen molar-refractivity contribution in [3.63, 3.8) is 0 Å². The quantitative estimate of drug-likeness (QED) is 0.659. The first kappa shape index (κ1) is 18.4. The van der Waals surface area contributed by atoms with Gasteiger partial charge in [-0.2, -0.15) is 5.26 Å². The highest BCUT2D eigenvalue weighted by Gasteiger charge is 2.28. The molecule has 1 amide bonds. The van der Waals surface area contributed by atoms with E-state index in [9.17, 15) is 14.9 Å². The molecule has 8 nitrogen and oxygen atoms in total. The summed E-state index contributed by atoms with van der Waals surface area (Å²) in [5.74, 6) is -0.553. The van der Waals surface area contributed by atoms with Crippen molar-refractivity contribution in [2.45, 2.75) is 0 Å².